The van der Waals surface area contributed by atoms with Gasteiger partial charge in [0.05, 0.1) is 0 Å². The summed E-state index contributed by atoms with van der Waals surface area (Å²) in [7, 11) is 0. The van der Waals surface area contributed by atoms with Gasteiger partial charge < -0.3 is 10.2 Å². The van der Waals surface area contributed by atoms with Crippen molar-refractivity contribution in [3.8, 4) is 0 Å². The first-order valence-corrected chi connectivity index (χ1v) is 7.02. The molecule has 0 radical (unpaired) electrons. The molecule has 1 heterocycles. The topological polar surface area (TPSA) is 49.4 Å². The molecular formula is C13H15FN2O2S. The number of carbonyl (C=O) groups excluding carboxylic acids is 2. The summed E-state index contributed by atoms with van der Waals surface area (Å²) in [6.07, 6.45) is 0.253. The Morgan fingerprint density at radius 3 is 2.95 bits per heavy atom. The minimum absolute atomic E-state index is 0.0331. The van der Waals surface area contributed by atoms with Crippen LogP contribution in [0.3, 0.4) is 0 Å². The van der Waals surface area contributed by atoms with E-state index in [0.29, 0.717) is 24.3 Å². The van der Waals surface area contributed by atoms with Crippen LogP contribution in [0.2, 0.25) is 0 Å². The van der Waals surface area contributed by atoms with Gasteiger partial charge in [-0.1, -0.05) is 11.8 Å². The molecule has 1 N–H and O–H groups in total. The molecule has 2 rings (SSSR count). The first-order valence-electron chi connectivity index (χ1n) is 6.04. The molecule has 102 valence electrons. The number of carbonyl (C=O) groups is 2. The Kier molecular flexibility index (Phi) is 4.42. The maximum atomic E-state index is 12.9. The Hall–Kier alpha value is -1.56. The molecule has 4 nitrogen and oxygen atoms in total. The van der Waals surface area contributed by atoms with Gasteiger partial charge in [0.15, 0.2) is 0 Å². The molecule has 1 aliphatic rings. The zero-order chi connectivity index (χ0) is 13.8. The average molecular weight is 282 g/mol. The smallest absolute Gasteiger partial charge is 0.281 e. The van der Waals surface area contributed by atoms with Gasteiger partial charge in [-0.15, -0.1) is 0 Å². The summed E-state index contributed by atoms with van der Waals surface area (Å²) in [5.74, 6) is 0.298. The average Bonchev–Trinajstić information content (AvgIpc) is 2.76. The zero-order valence-electron chi connectivity index (χ0n) is 10.6. The lowest BCUT2D eigenvalue weighted by Crippen LogP contribution is -2.27. The first kappa shape index (κ1) is 13.9. The highest BCUT2D eigenvalue weighted by molar-refractivity contribution is 8.13. The number of rotatable bonds is 4. The molecule has 6 heteroatoms. The van der Waals surface area contributed by atoms with E-state index in [0.717, 1.165) is 5.75 Å². The van der Waals surface area contributed by atoms with Gasteiger partial charge in [-0.3, -0.25) is 9.59 Å². The molecule has 19 heavy (non-hydrogen) atoms. The fraction of sp³-hybridized carbons (Fsp3) is 0.385. The van der Waals surface area contributed by atoms with E-state index < -0.39 is 0 Å². The lowest BCUT2D eigenvalue weighted by atomic mass is 10.2. The summed E-state index contributed by atoms with van der Waals surface area (Å²) in [5, 5.41) is 2.76. The van der Waals surface area contributed by atoms with Crippen LogP contribution in [-0.4, -0.2) is 34.9 Å². The molecule has 1 saturated heterocycles. The molecule has 2 amide bonds. The van der Waals surface area contributed by atoms with Gasteiger partial charge in [0.1, 0.15) is 5.82 Å². The summed E-state index contributed by atoms with van der Waals surface area (Å²) in [4.78, 5) is 24.8. The van der Waals surface area contributed by atoms with Gasteiger partial charge in [0.25, 0.3) is 5.24 Å². The molecule has 1 aliphatic heterocycles. The minimum atomic E-state index is -0.324. The largest absolute Gasteiger partial charge is 0.332 e. The molecule has 0 aliphatic carbocycles. The maximum absolute atomic E-state index is 12.9. The maximum Gasteiger partial charge on any atom is 0.281 e. The number of nitrogens with one attached hydrogen (secondary N) is 1. The molecular weight excluding hydrogens is 267 g/mol. The number of anilines is 1. The van der Waals surface area contributed by atoms with Crippen LogP contribution in [0.4, 0.5) is 14.9 Å². The van der Waals surface area contributed by atoms with Gasteiger partial charge >= 0.3 is 0 Å². The third kappa shape index (κ3) is 3.70. The number of benzene rings is 1. The van der Waals surface area contributed by atoms with Crippen molar-refractivity contribution in [1.29, 1.82) is 0 Å². The normalized spacial score (nSPS) is 14.8. The van der Waals surface area contributed by atoms with Crippen LogP contribution >= 0.6 is 11.8 Å². The van der Waals surface area contributed by atoms with E-state index in [1.54, 1.807) is 17.9 Å². The van der Waals surface area contributed by atoms with Crippen molar-refractivity contribution in [1.82, 2.24) is 4.90 Å². The number of amides is 2. The van der Waals surface area contributed by atoms with E-state index in [9.17, 15) is 14.0 Å². The summed E-state index contributed by atoms with van der Waals surface area (Å²) in [6, 6.07) is 4.22. The number of nitrogens with zero attached hydrogens (tertiary/aromatic N) is 1. The standard InChI is InChI=1S/C13H15FN2O2S/c1-9-8-10(14)2-3-11(9)15-12(17)4-5-16-6-7-19-13(16)18/h2-3,8H,4-7H2,1H3,(H,15,17). The number of thioether (sulfide) groups is 1. The van der Waals surface area contributed by atoms with Crippen LogP contribution in [0.5, 0.6) is 0 Å². The van der Waals surface area contributed by atoms with Crippen LogP contribution in [0.1, 0.15) is 12.0 Å². The first-order chi connectivity index (χ1) is 9.06. The van der Waals surface area contributed by atoms with Gasteiger partial charge in [0.2, 0.25) is 5.91 Å². The van der Waals surface area contributed by atoms with E-state index in [1.807, 2.05) is 0 Å². The number of halogens is 1. The van der Waals surface area contributed by atoms with E-state index in [-0.39, 0.29) is 23.4 Å². The van der Waals surface area contributed by atoms with Crippen molar-refractivity contribution in [2.45, 2.75) is 13.3 Å². The van der Waals surface area contributed by atoms with Crippen molar-refractivity contribution in [3.63, 3.8) is 0 Å². The molecule has 0 saturated carbocycles. The Labute approximate surface area is 115 Å². The van der Waals surface area contributed by atoms with Gasteiger partial charge in [-0.2, -0.15) is 0 Å². The number of hydrogen-bond acceptors (Lipinski definition) is 3. The van der Waals surface area contributed by atoms with E-state index >= 15 is 0 Å². The third-order valence-corrected chi connectivity index (χ3v) is 3.81. The predicted octanol–water partition coefficient (Wildman–Crippen LogP) is 2.63. The van der Waals surface area contributed by atoms with E-state index in [2.05, 4.69) is 5.32 Å². The second kappa shape index (κ2) is 6.06. The fourth-order valence-electron chi connectivity index (χ4n) is 1.85. The predicted molar refractivity (Wildman–Crippen MR) is 73.8 cm³/mol. The number of aryl methyl sites for hydroxylation is 1. The quantitative estimate of drug-likeness (QED) is 0.923. The second-order valence-electron chi connectivity index (χ2n) is 4.36. The summed E-state index contributed by atoms with van der Waals surface area (Å²) >= 11 is 1.28. The second-order valence-corrected chi connectivity index (χ2v) is 5.41. The molecule has 1 aromatic rings. The molecule has 1 fully saturated rings. The van der Waals surface area contributed by atoms with Crippen molar-refractivity contribution in [3.05, 3.63) is 29.6 Å². The molecule has 0 aromatic heterocycles. The lowest BCUT2D eigenvalue weighted by Gasteiger charge is -2.14. The van der Waals surface area contributed by atoms with Crippen LogP contribution in [0, 0.1) is 12.7 Å². The fourth-order valence-corrected chi connectivity index (χ4v) is 2.70. The molecule has 0 atom stereocenters. The highest BCUT2D eigenvalue weighted by Crippen LogP contribution is 2.18. The van der Waals surface area contributed by atoms with Crippen LogP contribution in [0.25, 0.3) is 0 Å². The zero-order valence-corrected chi connectivity index (χ0v) is 11.4. The number of hydrogen-bond donors (Lipinski definition) is 1. The highest BCUT2D eigenvalue weighted by Gasteiger charge is 2.21. The van der Waals surface area contributed by atoms with Gasteiger partial charge in [-0.05, 0) is 30.7 Å². The summed E-state index contributed by atoms with van der Waals surface area (Å²) < 4.78 is 12.9. The van der Waals surface area contributed by atoms with Crippen molar-refractivity contribution >= 4 is 28.6 Å². The Balaban J connectivity index is 1.85. The van der Waals surface area contributed by atoms with Crippen molar-refractivity contribution in [2.75, 3.05) is 24.2 Å². The SMILES string of the molecule is Cc1cc(F)ccc1NC(=O)CCN1CCSC1=O. The Bertz CT molecular complexity index is 507. The Morgan fingerprint density at radius 1 is 1.53 bits per heavy atom. The summed E-state index contributed by atoms with van der Waals surface area (Å²) in [6.45, 7) is 2.86. The summed E-state index contributed by atoms with van der Waals surface area (Å²) in [5.41, 5.74) is 1.29. The monoisotopic (exact) mass is 282 g/mol. The van der Waals surface area contributed by atoms with Crippen LogP contribution in [0.15, 0.2) is 18.2 Å². The lowest BCUT2D eigenvalue weighted by molar-refractivity contribution is -0.116. The van der Waals surface area contributed by atoms with Crippen molar-refractivity contribution in [2.24, 2.45) is 0 Å². The van der Waals surface area contributed by atoms with Crippen LogP contribution in [-0.2, 0) is 4.79 Å². The van der Waals surface area contributed by atoms with E-state index in [1.165, 1.54) is 23.9 Å². The minimum Gasteiger partial charge on any atom is -0.332 e. The van der Waals surface area contributed by atoms with Crippen molar-refractivity contribution < 1.29 is 14.0 Å². The Morgan fingerprint density at radius 2 is 2.32 bits per heavy atom. The van der Waals surface area contributed by atoms with Gasteiger partial charge in [0, 0.05) is 31.0 Å². The molecule has 0 spiro atoms. The van der Waals surface area contributed by atoms with E-state index in [4.69, 9.17) is 0 Å². The molecule has 0 bridgehead atoms. The third-order valence-electron chi connectivity index (χ3n) is 2.92. The molecule has 0 unspecified atom stereocenters. The van der Waals surface area contributed by atoms with Crippen LogP contribution < -0.4 is 5.32 Å². The van der Waals surface area contributed by atoms with Gasteiger partial charge in [-0.25, -0.2) is 4.39 Å². The highest BCUT2D eigenvalue weighted by atomic mass is 32.2. The molecule has 1 aromatic carbocycles.